The van der Waals surface area contributed by atoms with E-state index in [1.807, 2.05) is 6.08 Å². The van der Waals surface area contributed by atoms with Gasteiger partial charge in [-0.05, 0) is 127 Å². The quantitative estimate of drug-likeness (QED) is 0.0769. The Morgan fingerprint density at radius 2 is 0.591 bits per heavy atom. The topological polar surface area (TPSA) is 0 Å². The van der Waals surface area contributed by atoms with Crippen molar-refractivity contribution < 1.29 is 22.0 Å². The van der Waals surface area contributed by atoms with Gasteiger partial charge in [-0.1, -0.05) is 58.8 Å². The van der Waals surface area contributed by atoms with Crippen molar-refractivity contribution in [1.29, 1.82) is 0 Å². The van der Waals surface area contributed by atoms with E-state index in [1.165, 1.54) is 119 Å². The van der Waals surface area contributed by atoms with Crippen molar-refractivity contribution >= 4 is 58.8 Å². The summed E-state index contributed by atoms with van der Waals surface area (Å²) in [5.74, 6) is -1.79. The molecule has 0 unspecified atom stereocenters. The molecule has 0 saturated heterocycles. The lowest BCUT2D eigenvalue weighted by atomic mass is 10.3. The molecule has 0 aliphatic carbocycles. The SMILES string of the molecule is Fc1ccc(SC(=CC(Sc2ccc(F)cc2)=C(Sc2ccc(F)cc2)Sc2ccc(F)cc2)Sc2ccc(F)cc2)cc1. The highest BCUT2D eigenvalue weighted by Crippen LogP contribution is 2.49. The fraction of sp³-hybridized carbons (Fsp3) is 0. The molecule has 10 heteroatoms. The van der Waals surface area contributed by atoms with Gasteiger partial charge in [0.15, 0.2) is 0 Å². The Morgan fingerprint density at radius 3 is 0.886 bits per heavy atom. The predicted molar refractivity (Wildman–Crippen MR) is 176 cm³/mol. The molecule has 0 spiro atoms. The third-order valence-corrected chi connectivity index (χ3v) is 11.4. The van der Waals surface area contributed by atoms with Crippen molar-refractivity contribution in [2.45, 2.75) is 24.5 Å². The Bertz CT molecular complexity index is 1640. The Hall–Kier alpha value is -3.02. The van der Waals surface area contributed by atoms with Crippen LogP contribution in [-0.2, 0) is 0 Å². The van der Waals surface area contributed by atoms with E-state index in [0.29, 0.717) is 0 Å². The maximum absolute atomic E-state index is 13.8. The average Bonchev–Trinajstić information content (AvgIpc) is 3.02. The fourth-order valence-corrected chi connectivity index (χ4v) is 9.10. The largest absolute Gasteiger partial charge is 0.207 e. The number of rotatable bonds is 11. The van der Waals surface area contributed by atoms with E-state index < -0.39 is 0 Å². The summed E-state index contributed by atoms with van der Waals surface area (Å²) in [6, 6.07) is 30.6. The van der Waals surface area contributed by atoms with Crippen LogP contribution in [0.5, 0.6) is 0 Å². The summed E-state index contributed by atoms with van der Waals surface area (Å²) in [5.41, 5.74) is 0. The lowest BCUT2D eigenvalue weighted by molar-refractivity contribution is 0.626. The Kier molecular flexibility index (Phi) is 11.6. The summed E-state index contributed by atoms with van der Waals surface area (Å²) < 4.78 is 70.3. The molecule has 0 radical (unpaired) electrons. The molecule has 0 aliphatic rings. The number of hydrogen-bond donors (Lipinski definition) is 0. The molecule has 0 fully saturated rings. The predicted octanol–water partition coefficient (Wildman–Crippen LogP) is 12.7. The van der Waals surface area contributed by atoms with Gasteiger partial charge < -0.3 is 0 Å². The van der Waals surface area contributed by atoms with Gasteiger partial charge in [0.05, 0.1) is 8.47 Å². The number of hydrogen-bond acceptors (Lipinski definition) is 5. The minimum absolute atomic E-state index is 0.354. The first-order chi connectivity index (χ1) is 21.3. The summed E-state index contributed by atoms with van der Waals surface area (Å²) >= 11 is 7.05. The molecule has 44 heavy (non-hydrogen) atoms. The third-order valence-electron chi connectivity index (χ3n) is 5.60. The maximum atomic E-state index is 13.8. The van der Waals surface area contributed by atoms with E-state index in [4.69, 9.17) is 0 Å². The molecular formula is C34H21F5S5. The maximum Gasteiger partial charge on any atom is 0.123 e. The summed E-state index contributed by atoms with van der Waals surface area (Å²) in [7, 11) is 0. The van der Waals surface area contributed by atoms with Crippen molar-refractivity contribution in [3.8, 4) is 0 Å². The Morgan fingerprint density at radius 1 is 0.341 bits per heavy atom. The number of thioether (sulfide) groups is 5. The molecule has 0 heterocycles. The molecule has 5 aromatic carbocycles. The molecule has 5 rings (SSSR count). The van der Waals surface area contributed by atoms with Crippen molar-refractivity contribution in [2.24, 2.45) is 0 Å². The molecule has 0 atom stereocenters. The van der Waals surface area contributed by atoms with Gasteiger partial charge in [0.1, 0.15) is 29.1 Å². The lowest BCUT2D eigenvalue weighted by Crippen LogP contribution is -1.86. The minimum Gasteiger partial charge on any atom is -0.207 e. The molecule has 0 nitrogen and oxygen atoms in total. The molecule has 0 aliphatic heterocycles. The van der Waals surface area contributed by atoms with E-state index >= 15 is 0 Å². The second kappa shape index (κ2) is 15.8. The van der Waals surface area contributed by atoms with Gasteiger partial charge in [-0.3, -0.25) is 0 Å². The van der Waals surface area contributed by atoms with Gasteiger partial charge in [0.25, 0.3) is 0 Å². The first-order valence-corrected chi connectivity index (χ1v) is 17.0. The number of halogens is 5. The van der Waals surface area contributed by atoms with Crippen LogP contribution in [0, 0.1) is 29.1 Å². The monoisotopic (exact) mass is 684 g/mol. The lowest BCUT2D eigenvalue weighted by Gasteiger charge is -2.15. The smallest absolute Gasteiger partial charge is 0.123 e. The highest BCUT2D eigenvalue weighted by Gasteiger charge is 2.16. The zero-order chi connectivity index (χ0) is 30.9. The Labute approximate surface area is 273 Å². The second-order valence-electron chi connectivity index (χ2n) is 8.89. The van der Waals surface area contributed by atoms with Crippen LogP contribution in [0.15, 0.2) is 165 Å². The highest BCUT2D eigenvalue weighted by molar-refractivity contribution is 8.23. The summed E-state index contributed by atoms with van der Waals surface area (Å²) in [4.78, 5) is 4.68. The molecule has 0 aromatic heterocycles. The van der Waals surface area contributed by atoms with Crippen molar-refractivity contribution in [2.75, 3.05) is 0 Å². The molecule has 5 aromatic rings. The fourth-order valence-electron chi connectivity index (χ4n) is 3.52. The van der Waals surface area contributed by atoms with Crippen LogP contribution in [-0.4, -0.2) is 0 Å². The van der Waals surface area contributed by atoms with Crippen LogP contribution in [0.4, 0.5) is 22.0 Å². The number of benzene rings is 5. The standard InChI is InChI=1S/C34H21F5S5/c35-22-1-11-27(12-2-22)40-32(34(43-30-17-7-25(38)8-18-30)44-31-19-9-26(39)10-20-31)21-33(41-28-13-3-23(36)4-14-28)42-29-15-5-24(37)6-16-29/h1-21H. The second-order valence-corrected chi connectivity index (χ2v) is 14.9. The van der Waals surface area contributed by atoms with E-state index in [0.717, 1.165) is 37.9 Å². The molecule has 0 saturated carbocycles. The van der Waals surface area contributed by atoms with Gasteiger partial charge in [-0.2, -0.15) is 0 Å². The van der Waals surface area contributed by atoms with Crippen LogP contribution < -0.4 is 0 Å². The first kappa shape index (κ1) is 32.4. The first-order valence-electron chi connectivity index (χ1n) is 12.9. The highest BCUT2D eigenvalue weighted by atomic mass is 32.2. The van der Waals surface area contributed by atoms with E-state index in [9.17, 15) is 22.0 Å². The average molecular weight is 685 g/mol. The van der Waals surface area contributed by atoms with Gasteiger partial charge in [-0.25, -0.2) is 22.0 Å². The zero-order valence-electron chi connectivity index (χ0n) is 22.6. The van der Waals surface area contributed by atoms with E-state index in [2.05, 4.69) is 0 Å². The van der Waals surface area contributed by atoms with E-state index in [1.54, 1.807) is 60.7 Å². The summed E-state index contributed by atoms with van der Waals surface area (Å²) in [5, 5.41) is 0. The summed E-state index contributed by atoms with van der Waals surface area (Å²) in [6.07, 6.45) is 1.97. The molecule has 222 valence electrons. The summed E-state index contributed by atoms with van der Waals surface area (Å²) in [6.45, 7) is 0. The van der Waals surface area contributed by atoms with Crippen LogP contribution in [0.25, 0.3) is 0 Å². The molecule has 0 bridgehead atoms. The normalized spacial score (nSPS) is 10.8. The third kappa shape index (κ3) is 10.0. The Balaban J connectivity index is 1.64. The van der Waals surface area contributed by atoms with Crippen LogP contribution >= 0.6 is 58.8 Å². The van der Waals surface area contributed by atoms with Gasteiger partial charge in [0, 0.05) is 29.4 Å². The van der Waals surface area contributed by atoms with Gasteiger partial charge >= 0.3 is 0 Å². The molecule has 0 N–H and O–H groups in total. The molecular weight excluding hydrogens is 664 g/mol. The van der Waals surface area contributed by atoms with Crippen molar-refractivity contribution in [3.05, 3.63) is 170 Å². The molecule has 0 amide bonds. The zero-order valence-corrected chi connectivity index (χ0v) is 26.6. The number of allylic oxidation sites excluding steroid dienone is 1. The van der Waals surface area contributed by atoms with Gasteiger partial charge in [-0.15, -0.1) is 0 Å². The van der Waals surface area contributed by atoms with Crippen LogP contribution in [0.3, 0.4) is 0 Å². The van der Waals surface area contributed by atoms with Crippen LogP contribution in [0.2, 0.25) is 0 Å². The van der Waals surface area contributed by atoms with Crippen LogP contribution in [0.1, 0.15) is 0 Å². The minimum atomic E-state index is -0.364. The van der Waals surface area contributed by atoms with Crippen molar-refractivity contribution in [1.82, 2.24) is 0 Å². The van der Waals surface area contributed by atoms with E-state index in [-0.39, 0.29) is 29.1 Å². The van der Waals surface area contributed by atoms with Crippen molar-refractivity contribution in [3.63, 3.8) is 0 Å². The van der Waals surface area contributed by atoms with Gasteiger partial charge in [0.2, 0.25) is 0 Å².